The second-order valence-corrected chi connectivity index (χ2v) is 6.00. The zero-order valence-electron chi connectivity index (χ0n) is 12.0. The molecule has 0 spiro atoms. The number of hydrogen-bond donors (Lipinski definition) is 2. The molecule has 0 bridgehead atoms. The largest absolute Gasteiger partial charge is 0.389 e. The highest BCUT2D eigenvalue weighted by Crippen LogP contribution is 2.25. The third kappa shape index (κ3) is 4.24. The molecule has 1 saturated carbocycles. The molecule has 1 amide bonds. The molecule has 114 valence electrons. The van der Waals surface area contributed by atoms with Crippen LogP contribution in [0.5, 0.6) is 0 Å². The zero-order valence-corrected chi connectivity index (χ0v) is 12.8. The van der Waals surface area contributed by atoms with Crippen LogP contribution < -0.4 is 11.1 Å². The lowest BCUT2D eigenvalue weighted by atomic mass is 9.90. The molecule has 0 unspecified atom stereocenters. The Labute approximate surface area is 130 Å². The predicted molar refractivity (Wildman–Crippen MR) is 86.7 cm³/mol. The third-order valence-corrected chi connectivity index (χ3v) is 4.20. The van der Waals surface area contributed by atoms with Gasteiger partial charge in [0.2, 0.25) is 5.91 Å². The van der Waals surface area contributed by atoms with Gasteiger partial charge in [0.25, 0.3) is 0 Å². The molecule has 0 atom stereocenters. The summed E-state index contributed by atoms with van der Waals surface area (Å²) in [4.78, 5) is 12.4. The first-order valence-corrected chi connectivity index (χ1v) is 7.89. The molecule has 21 heavy (non-hydrogen) atoms. The molecule has 0 aromatic heterocycles. The quantitative estimate of drug-likeness (QED) is 0.836. The number of amides is 1. The van der Waals surface area contributed by atoms with Gasteiger partial charge in [-0.05, 0) is 25.0 Å². The first-order chi connectivity index (χ1) is 10.1. The number of thiocarbonyl (C=S) groups is 1. The summed E-state index contributed by atoms with van der Waals surface area (Å²) in [6.45, 7) is 0. The van der Waals surface area contributed by atoms with Gasteiger partial charge in [0.1, 0.15) is 10.8 Å². The van der Waals surface area contributed by atoms with Crippen molar-refractivity contribution in [1.29, 1.82) is 0 Å². The molecule has 1 aromatic carbocycles. The Balaban J connectivity index is 2.11. The second kappa shape index (κ2) is 7.50. The van der Waals surface area contributed by atoms with Gasteiger partial charge in [-0.3, -0.25) is 4.79 Å². The number of benzene rings is 1. The summed E-state index contributed by atoms with van der Waals surface area (Å²) in [5.41, 5.74) is 6.04. The van der Waals surface area contributed by atoms with Gasteiger partial charge in [-0.15, -0.1) is 0 Å². The van der Waals surface area contributed by atoms with Crippen LogP contribution in [0.1, 0.15) is 50.5 Å². The van der Waals surface area contributed by atoms with Gasteiger partial charge in [0, 0.05) is 5.92 Å². The lowest BCUT2D eigenvalue weighted by Crippen LogP contribution is -2.25. The van der Waals surface area contributed by atoms with E-state index in [1.54, 1.807) is 12.1 Å². The first kappa shape index (κ1) is 15.9. The van der Waals surface area contributed by atoms with E-state index in [-0.39, 0.29) is 22.4 Å². The SMILES string of the molecule is NC(=S)c1c(F)cccc1NC(=O)C1CCCCCCC1. The zero-order chi connectivity index (χ0) is 15.2. The summed E-state index contributed by atoms with van der Waals surface area (Å²) in [6, 6.07) is 4.48. The number of anilines is 1. The highest BCUT2D eigenvalue weighted by molar-refractivity contribution is 7.80. The van der Waals surface area contributed by atoms with Crippen molar-refractivity contribution < 1.29 is 9.18 Å². The van der Waals surface area contributed by atoms with Gasteiger partial charge in [-0.25, -0.2) is 4.39 Å². The van der Waals surface area contributed by atoms with Crippen LogP contribution in [-0.4, -0.2) is 10.9 Å². The van der Waals surface area contributed by atoms with Gasteiger partial charge in [-0.2, -0.15) is 0 Å². The maximum absolute atomic E-state index is 13.8. The lowest BCUT2D eigenvalue weighted by Gasteiger charge is -2.20. The van der Waals surface area contributed by atoms with Gasteiger partial charge >= 0.3 is 0 Å². The molecule has 1 aromatic rings. The molecule has 1 aliphatic rings. The number of halogens is 1. The van der Waals surface area contributed by atoms with E-state index >= 15 is 0 Å². The van der Waals surface area contributed by atoms with Crippen molar-refractivity contribution in [2.24, 2.45) is 11.7 Å². The van der Waals surface area contributed by atoms with E-state index in [2.05, 4.69) is 5.32 Å². The Hall–Kier alpha value is -1.49. The molecule has 2 rings (SSSR count). The van der Waals surface area contributed by atoms with Crippen LogP contribution >= 0.6 is 12.2 Å². The van der Waals surface area contributed by atoms with Crippen LogP contribution in [0.2, 0.25) is 0 Å². The maximum Gasteiger partial charge on any atom is 0.227 e. The molecule has 1 fully saturated rings. The van der Waals surface area contributed by atoms with Crippen molar-refractivity contribution in [2.45, 2.75) is 44.9 Å². The lowest BCUT2D eigenvalue weighted by molar-refractivity contribution is -0.120. The van der Waals surface area contributed by atoms with Gasteiger partial charge in [0.05, 0.1) is 11.3 Å². The van der Waals surface area contributed by atoms with E-state index < -0.39 is 5.82 Å². The topological polar surface area (TPSA) is 55.1 Å². The monoisotopic (exact) mass is 308 g/mol. The maximum atomic E-state index is 13.8. The summed E-state index contributed by atoms with van der Waals surface area (Å²) in [7, 11) is 0. The Morgan fingerprint density at radius 3 is 2.43 bits per heavy atom. The van der Waals surface area contributed by atoms with E-state index in [9.17, 15) is 9.18 Å². The number of nitrogens with one attached hydrogen (secondary N) is 1. The first-order valence-electron chi connectivity index (χ1n) is 7.49. The third-order valence-electron chi connectivity index (χ3n) is 3.99. The van der Waals surface area contributed by atoms with Crippen molar-refractivity contribution in [2.75, 3.05) is 5.32 Å². The molecular weight excluding hydrogens is 287 g/mol. The van der Waals surface area contributed by atoms with Crippen LogP contribution in [0, 0.1) is 11.7 Å². The van der Waals surface area contributed by atoms with Crippen LogP contribution in [0.15, 0.2) is 18.2 Å². The van der Waals surface area contributed by atoms with E-state index in [4.69, 9.17) is 18.0 Å². The van der Waals surface area contributed by atoms with E-state index in [0.717, 1.165) is 25.7 Å². The predicted octanol–water partition coefficient (Wildman–Crippen LogP) is 3.76. The minimum absolute atomic E-state index is 0.00670. The standard InChI is InChI=1S/C16H21FN2OS/c17-12-9-6-10-13(14(12)15(18)21)19-16(20)11-7-4-2-1-3-5-8-11/h6,9-11H,1-5,7-8H2,(H2,18,21)(H,19,20). The molecule has 0 heterocycles. The number of nitrogens with two attached hydrogens (primary N) is 1. The average Bonchev–Trinajstić information content (AvgIpc) is 2.37. The number of carbonyl (C=O) groups excluding carboxylic acids is 1. The summed E-state index contributed by atoms with van der Waals surface area (Å²) in [6.07, 6.45) is 7.55. The minimum Gasteiger partial charge on any atom is -0.389 e. The smallest absolute Gasteiger partial charge is 0.227 e. The summed E-state index contributed by atoms with van der Waals surface area (Å²) in [5, 5.41) is 2.80. The van der Waals surface area contributed by atoms with Crippen LogP contribution in [-0.2, 0) is 4.79 Å². The normalized spacial score (nSPS) is 16.8. The van der Waals surface area contributed by atoms with Crippen molar-refractivity contribution >= 4 is 28.8 Å². The molecular formula is C16H21FN2OS. The molecule has 3 nitrogen and oxygen atoms in total. The van der Waals surface area contributed by atoms with Crippen LogP contribution in [0.25, 0.3) is 0 Å². The molecule has 5 heteroatoms. The Bertz CT molecular complexity index is 525. The number of carbonyl (C=O) groups is 1. The van der Waals surface area contributed by atoms with Crippen molar-refractivity contribution in [3.05, 3.63) is 29.6 Å². The Kier molecular flexibility index (Phi) is 5.67. The molecule has 0 saturated heterocycles. The molecule has 3 N–H and O–H groups in total. The van der Waals surface area contributed by atoms with E-state index in [1.165, 1.54) is 25.3 Å². The summed E-state index contributed by atoms with van der Waals surface area (Å²) >= 11 is 4.87. The molecule has 0 aliphatic heterocycles. The minimum atomic E-state index is -0.502. The van der Waals surface area contributed by atoms with Gasteiger partial charge in [0.15, 0.2) is 0 Å². The van der Waals surface area contributed by atoms with Crippen LogP contribution in [0.4, 0.5) is 10.1 Å². The number of hydrogen-bond acceptors (Lipinski definition) is 2. The fourth-order valence-corrected chi connectivity index (χ4v) is 3.04. The van der Waals surface area contributed by atoms with Crippen molar-refractivity contribution in [3.63, 3.8) is 0 Å². The highest BCUT2D eigenvalue weighted by atomic mass is 32.1. The molecule has 1 aliphatic carbocycles. The summed E-state index contributed by atoms with van der Waals surface area (Å²) < 4.78 is 13.8. The summed E-state index contributed by atoms with van der Waals surface area (Å²) in [5.74, 6) is -0.564. The van der Waals surface area contributed by atoms with E-state index in [1.807, 2.05) is 0 Å². The van der Waals surface area contributed by atoms with Gasteiger partial charge < -0.3 is 11.1 Å². The Morgan fingerprint density at radius 2 is 1.81 bits per heavy atom. The van der Waals surface area contributed by atoms with Crippen molar-refractivity contribution in [1.82, 2.24) is 0 Å². The Morgan fingerprint density at radius 1 is 1.19 bits per heavy atom. The second-order valence-electron chi connectivity index (χ2n) is 5.56. The van der Waals surface area contributed by atoms with Crippen molar-refractivity contribution in [3.8, 4) is 0 Å². The van der Waals surface area contributed by atoms with Gasteiger partial charge in [-0.1, -0.05) is 50.4 Å². The highest BCUT2D eigenvalue weighted by Gasteiger charge is 2.21. The van der Waals surface area contributed by atoms with E-state index in [0.29, 0.717) is 5.69 Å². The fraction of sp³-hybridized carbons (Fsp3) is 0.500. The molecule has 0 radical (unpaired) electrons. The fourth-order valence-electron chi connectivity index (χ4n) is 2.83. The number of rotatable bonds is 3. The van der Waals surface area contributed by atoms with Crippen LogP contribution in [0.3, 0.4) is 0 Å². The average molecular weight is 308 g/mol.